The number of fused-ring (bicyclic) bond motifs is 1. The van der Waals surface area contributed by atoms with Gasteiger partial charge in [-0.2, -0.15) is 0 Å². The number of ether oxygens (including phenoxy) is 1. The Morgan fingerprint density at radius 2 is 1.50 bits per heavy atom. The molecular formula is C40H49N3O4Si. The zero-order chi connectivity index (χ0) is 34.1. The Hall–Kier alpha value is -4.21. The van der Waals surface area contributed by atoms with E-state index in [0.29, 0.717) is 31.0 Å². The number of benzene rings is 4. The lowest BCUT2D eigenvalue weighted by Crippen LogP contribution is -2.43. The number of rotatable bonds is 15. The molecule has 8 heteroatoms. The number of hydrogen-bond donors (Lipinski definition) is 4. The summed E-state index contributed by atoms with van der Waals surface area (Å²) in [6.45, 7) is 13.6. The van der Waals surface area contributed by atoms with Crippen molar-refractivity contribution in [3.63, 3.8) is 0 Å². The zero-order valence-electron chi connectivity index (χ0n) is 28.8. The number of nitrogens with one attached hydrogen (secondary N) is 3. The Kier molecular flexibility index (Phi) is 11.5. The minimum Gasteiger partial charge on any atom is -0.487 e. The minimum atomic E-state index is -2.16. The first-order chi connectivity index (χ1) is 23.0. The summed E-state index contributed by atoms with van der Waals surface area (Å²) in [5, 5.41) is 18.4. The van der Waals surface area contributed by atoms with Crippen LogP contribution in [0.3, 0.4) is 0 Å². The van der Waals surface area contributed by atoms with E-state index in [1.54, 1.807) is 6.07 Å². The van der Waals surface area contributed by atoms with Crippen molar-refractivity contribution >= 4 is 24.9 Å². The van der Waals surface area contributed by atoms with Gasteiger partial charge in [0.25, 0.3) is 0 Å². The highest BCUT2D eigenvalue weighted by molar-refractivity contribution is 6.74. The van der Waals surface area contributed by atoms with E-state index in [-0.39, 0.29) is 16.7 Å². The lowest BCUT2D eigenvalue weighted by Gasteiger charge is -2.39. The van der Waals surface area contributed by atoms with Crippen LogP contribution in [0.25, 0.3) is 10.9 Å². The number of H-pyrrole nitrogens is 1. The van der Waals surface area contributed by atoms with Crippen molar-refractivity contribution in [3.05, 3.63) is 142 Å². The summed E-state index contributed by atoms with van der Waals surface area (Å²) in [6.07, 6.45) is 0.0807. The van der Waals surface area contributed by atoms with E-state index in [1.165, 1.54) is 5.56 Å². The fraction of sp³-hybridized carbons (Fsp3) is 0.325. The van der Waals surface area contributed by atoms with Crippen molar-refractivity contribution in [2.24, 2.45) is 0 Å². The summed E-state index contributed by atoms with van der Waals surface area (Å²) in [7, 11) is -2.16. The van der Waals surface area contributed by atoms with Gasteiger partial charge in [-0.3, -0.25) is 4.79 Å². The van der Waals surface area contributed by atoms with Crippen LogP contribution >= 0.6 is 0 Å². The van der Waals surface area contributed by atoms with Gasteiger partial charge in [-0.05, 0) is 77.6 Å². The van der Waals surface area contributed by atoms with Crippen LogP contribution < -0.4 is 20.9 Å². The summed E-state index contributed by atoms with van der Waals surface area (Å²) >= 11 is 0. The molecule has 0 saturated carbocycles. The van der Waals surface area contributed by atoms with E-state index in [1.807, 2.05) is 72.8 Å². The van der Waals surface area contributed by atoms with Crippen molar-refractivity contribution in [1.29, 1.82) is 0 Å². The largest absolute Gasteiger partial charge is 0.487 e. The van der Waals surface area contributed by atoms with Crippen LogP contribution in [0.5, 0.6) is 5.75 Å². The predicted octanol–water partition coefficient (Wildman–Crippen LogP) is 8.15. The zero-order valence-corrected chi connectivity index (χ0v) is 29.8. The second-order valence-electron chi connectivity index (χ2n) is 13.9. The first-order valence-electron chi connectivity index (χ1n) is 16.8. The van der Waals surface area contributed by atoms with Crippen molar-refractivity contribution in [3.8, 4) is 5.75 Å². The molecule has 0 saturated heterocycles. The van der Waals surface area contributed by atoms with Crippen LogP contribution in [0.1, 0.15) is 55.2 Å². The molecule has 48 heavy (non-hydrogen) atoms. The van der Waals surface area contributed by atoms with Gasteiger partial charge in [-0.15, -0.1) is 0 Å². The lowest BCUT2D eigenvalue weighted by molar-refractivity contribution is 0.182. The maximum Gasteiger partial charge on any atom is 0.248 e. The maximum absolute atomic E-state index is 12.5. The number of aliphatic hydroxyl groups is 1. The molecule has 4 aromatic carbocycles. The molecule has 0 aliphatic heterocycles. The lowest BCUT2D eigenvalue weighted by atomic mass is 10.0. The van der Waals surface area contributed by atoms with E-state index < -0.39 is 14.4 Å². The fourth-order valence-electron chi connectivity index (χ4n) is 5.39. The number of aromatic amines is 1. The highest BCUT2D eigenvalue weighted by atomic mass is 28.4. The van der Waals surface area contributed by atoms with Crippen LogP contribution in [0.4, 0.5) is 5.69 Å². The van der Waals surface area contributed by atoms with Crippen LogP contribution in [0, 0.1) is 0 Å². The standard InChI is InChI=1S/C40H49N3O4Si/c1-40(2,3)48(4,5)47-37(27-41-25-24-29-16-18-32(19-17-29)42-26-35(44)31-14-10-7-11-15-31)33-20-22-36(39-34(33)21-23-38(45)43-39)46-28-30-12-8-6-9-13-30/h6-23,35,37,41-42,44H,24-28H2,1-5H3,(H,43,45)/t35-,37-/m0/s1. The topological polar surface area (TPSA) is 95.6 Å². The van der Waals surface area contributed by atoms with Gasteiger partial charge in [0.1, 0.15) is 12.4 Å². The summed E-state index contributed by atoms with van der Waals surface area (Å²) in [6, 6.07) is 35.6. The Morgan fingerprint density at radius 3 is 2.19 bits per heavy atom. The normalized spacial score (nSPS) is 13.3. The highest BCUT2D eigenvalue weighted by Crippen LogP contribution is 2.41. The summed E-state index contributed by atoms with van der Waals surface area (Å²) in [4.78, 5) is 15.5. The third-order valence-electron chi connectivity index (χ3n) is 9.28. The van der Waals surface area contributed by atoms with E-state index in [4.69, 9.17) is 9.16 Å². The molecule has 5 rings (SSSR count). The number of anilines is 1. The Balaban J connectivity index is 1.27. The van der Waals surface area contributed by atoms with E-state index in [0.717, 1.165) is 40.7 Å². The average molecular weight is 664 g/mol. The van der Waals surface area contributed by atoms with Gasteiger partial charge >= 0.3 is 0 Å². The molecule has 0 radical (unpaired) electrons. The molecule has 4 N–H and O–H groups in total. The Labute approximate surface area is 285 Å². The second kappa shape index (κ2) is 15.8. The molecule has 1 aromatic heterocycles. The van der Waals surface area contributed by atoms with E-state index in [9.17, 15) is 9.90 Å². The number of hydrogen-bond acceptors (Lipinski definition) is 6. The average Bonchev–Trinajstić information content (AvgIpc) is 3.08. The van der Waals surface area contributed by atoms with Crippen LogP contribution in [0.15, 0.2) is 114 Å². The summed E-state index contributed by atoms with van der Waals surface area (Å²) in [5.41, 5.74) is 5.70. The number of aliphatic hydroxyl groups excluding tert-OH is 1. The molecule has 0 fully saturated rings. The Morgan fingerprint density at radius 1 is 0.812 bits per heavy atom. The molecule has 0 unspecified atom stereocenters. The molecule has 0 aliphatic rings. The van der Waals surface area contributed by atoms with Gasteiger partial charge in [0.05, 0.1) is 17.7 Å². The molecule has 1 heterocycles. The number of pyridine rings is 1. The third-order valence-corrected chi connectivity index (χ3v) is 13.8. The molecule has 5 aromatic rings. The molecule has 2 atom stereocenters. The SMILES string of the molecule is CC(C)(C)[Si](C)(C)O[C@@H](CNCCc1ccc(NC[C@H](O)c2ccccc2)cc1)c1ccc(OCc2ccccc2)c2[nH]c(=O)ccc12. The van der Waals surface area contributed by atoms with E-state index >= 15 is 0 Å². The minimum absolute atomic E-state index is 0.0288. The molecule has 0 spiro atoms. The Bertz CT molecular complexity index is 1800. The van der Waals surface area contributed by atoms with Crippen molar-refractivity contribution in [1.82, 2.24) is 10.3 Å². The smallest absolute Gasteiger partial charge is 0.248 e. The van der Waals surface area contributed by atoms with Crippen LogP contribution in [0.2, 0.25) is 18.1 Å². The maximum atomic E-state index is 12.5. The molecule has 252 valence electrons. The summed E-state index contributed by atoms with van der Waals surface area (Å²) < 4.78 is 13.3. The highest BCUT2D eigenvalue weighted by Gasteiger charge is 2.39. The van der Waals surface area contributed by atoms with E-state index in [2.05, 4.69) is 79.8 Å². The van der Waals surface area contributed by atoms with Crippen molar-refractivity contribution in [2.75, 3.05) is 25.0 Å². The number of aromatic nitrogens is 1. The first-order valence-corrected chi connectivity index (χ1v) is 19.7. The van der Waals surface area contributed by atoms with Gasteiger partial charge in [0.15, 0.2) is 8.32 Å². The van der Waals surface area contributed by atoms with Crippen LogP contribution in [-0.4, -0.2) is 38.0 Å². The van der Waals surface area contributed by atoms with Crippen molar-refractivity contribution in [2.45, 2.75) is 64.1 Å². The second-order valence-corrected chi connectivity index (χ2v) is 18.6. The molecular weight excluding hydrogens is 615 g/mol. The third kappa shape index (κ3) is 9.23. The van der Waals surface area contributed by atoms with Gasteiger partial charge in [-0.25, -0.2) is 0 Å². The summed E-state index contributed by atoms with van der Waals surface area (Å²) in [5.74, 6) is 0.641. The van der Waals surface area contributed by atoms with Crippen molar-refractivity contribution < 1.29 is 14.3 Å². The van der Waals surface area contributed by atoms with Gasteiger partial charge in [0, 0.05) is 30.2 Å². The van der Waals surface area contributed by atoms with Gasteiger partial charge < -0.3 is 29.9 Å². The monoisotopic (exact) mass is 663 g/mol. The predicted molar refractivity (Wildman–Crippen MR) is 199 cm³/mol. The fourth-order valence-corrected chi connectivity index (χ4v) is 6.67. The first kappa shape index (κ1) is 35.1. The molecule has 0 amide bonds. The molecule has 7 nitrogen and oxygen atoms in total. The van der Waals surface area contributed by atoms with Crippen LogP contribution in [-0.2, 0) is 17.5 Å². The molecule has 0 aliphatic carbocycles. The van der Waals surface area contributed by atoms with Gasteiger partial charge in [0.2, 0.25) is 5.56 Å². The van der Waals surface area contributed by atoms with Gasteiger partial charge in [-0.1, -0.05) is 99.6 Å². The molecule has 0 bridgehead atoms. The quantitative estimate of drug-likeness (QED) is 0.0667.